The normalized spacial score (nSPS) is 11.0. The lowest BCUT2D eigenvalue weighted by atomic mass is 10.2. The highest BCUT2D eigenvalue weighted by atomic mass is 16.5. The van der Waals surface area contributed by atoms with Gasteiger partial charge in [-0.1, -0.05) is 30.3 Å². The topological polar surface area (TPSA) is 49.2 Å². The van der Waals surface area contributed by atoms with Crippen LogP contribution in [0.4, 0.5) is 0 Å². The van der Waals surface area contributed by atoms with E-state index in [1.807, 2.05) is 48.0 Å². The van der Waals surface area contributed by atoms with Crippen molar-refractivity contribution in [2.24, 2.45) is 0 Å². The number of methoxy groups -OCH3 is 1. The van der Waals surface area contributed by atoms with Crippen molar-refractivity contribution in [3.63, 3.8) is 0 Å². The Balaban J connectivity index is 1.81. The van der Waals surface area contributed by atoms with Gasteiger partial charge in [-0.2, -0.15) is 0 Å². The fraction of sp³-hybridized carbons (Fsp3) is 0.250. The van der Waals surface area contributed by atoms with Crippen molar-refractivity contribution >= 4 is 11.0 Å². The molecule has 0 bridgehead atoms. The molecule has 0 N–H and O–H groups in total. The number of benzene rings is 1. The number of rotatable bonds is 5. The summed E-state index contributed by atoms with van der Waals surface area (Å²) < 4.78 is 13.1. The Bertz CT molecular complexity index is 738. The molecule has 108 valence electrons. The third kappa shape index (κ3) is 2.73. The maximum atomic E-state index is 5.78. The van der Waals surface area contributed by atoms with Gasteiger partial charge in [0, 0.05) is 0 Å². The number of fused-ring (bicyclic) bond motifs is 1. The van der Waals surface area contributed by atoms with Crippen molar-refractivity contribution in [2.75, 3.05) is 7.11 Å². The van der Waals surface area contributed by atoms with Crippen LogP contribution < -0.4 is 4.74 Å². The van der Waals surface area contributed by atoms with Gasteiger partial charge in [-0.3, -0.25) is 0 Å². The molecule has 21 heavy (non-hydrogen) atoms. The summed E-state index contributed by atoms with van der Waals surface area (Å²) in [6.07, 6.45) is 3.45. The van der Waals surface area contributed by atoms with Gasteiger partial charge in [0.2, 0.25) is 0 Å². The molecule has 0 saturated carbocycles. The highest BCUT2D eigenvalue weighted by Gasteiger charge is 2.12. The number of aryl methyl sites for hydroxylation is 1. The van der Waals surface area contributed by atoms with E-state index >= 15 is 0 Å². The summed E-state index contributed by atoms with van der Waals surface area (Å²) >= 11 is 0. The van der Waals surface area contributed by atoms with Crippen molar-refractivity contribution in [2.45, 2.75) is 20.3 Å². The number of aromatic nitrogens is 3. The molecule has 1 aromatic carbocycles. The van der Waals surface area contributed by atoms with Gasteiger partial charge in [-0.05, 0) is 12.5 Å². The second-order valence-electron chi connectivity index (χ2n) is 4.79. The molecule has 0 aliphatic rings. The standard InChI is InChI=1S/C16H17N3O2/c1-12-16-15(18-10-17-12)14(20-2)8-19(16)11-21-9-13-6-4-3-5-7-13/h3-8,10H,9,11H2,1-2H3. The van der Waals surface area contributed by atoms with Crippen LogP contribution in [0.3, 0.4) is 0 Å². The second kappa shape index (κ2) is 5.93. The molecule has 0 aliphatic heterocycles. The van der Waals surface area contributed by atoms with E-state index in [-0.39, 0.29) is 0 Å². The molecule has 0 atom stereocenters. The Morgan fingerprint density at radius 3 is 2.71 bits per heavy atom. The van der Waals surface area contributed by atoms with E-state index in [0.717, 1.165) is 28.0 Å². The number of hydrogen-bond acceptors (Lipinski definition) is 4. The van der Waals surface area contributed by atoms with E-state index < -0.39 is 0 Å². The summed E-state index contributed by atoms with van der Waals surface area (Å²) in [4.78, 5) is 8.53. The first kappa shape index (κ1) is 13.6. The Hall–Kier alpha value is -2.40. The van der Waals surface area contributed by atoms with E-state index in [0.29, 0.717) is 13.3 Å². The summed E-state index contributed by atoms with van der Waals surface area (Å²) in [5, 5.41) is 0. The van der Waals surface area contributed by atoms with Gasteiger partial charge in [-0.15, -0.1) is 0 Å². The van der Waals surface area contributed by atoms with E-state index in [2.05, 4.69) is 9.97 Å². The first-order chi connectivity index (χ1) is 10.3. The zero-order valence-corrected chi connectivity index (χ0v) is 12.1. The largest absolute Gasteiger partial charge is 0.493 e. The maximum Gasteiger partial charge on any atom is 0.162 e. The average Bonchev–Trinajstić information content (AvgIpc) is 2.88. The molecule has 0 fully saturated rings. The summed E-state index contributed by atoms with van der Waals surface area (Å²) in [6, 6.07) is 10.1. The highest BCUT2D eigenvalue weighted by molar-refractivity contribution is 5.84. The average molecular weight is 283 g/mol. The van der Waals surface area contributed by atoms with Gasteiger partial charge in [0.05, 0.1) is 31.1 Å². The molecule has 3 aromatic rings. The van der Waals surface area contributed by atoms with Crippen LogP contribution in [0.1, 0.15) is 11.3 Å². The van der Waals surface area contributed by atoms with Gasteiger partial charge in [-0.25, -0.2) is 9.97 Å². The van der Waals surface area contributed by atoms with E-state index in [9.17, 15) is 0 Å². The number of nitrogens with zero attached hydrogens (tertiary/aromatic N) is 3. The van der Waals surface area contributed by atoms with Gasteiger partial charge in [0.25, 0.3) is 0 Å². The van der Waals surface area contributed by atoms with Gasteiger partial charge < -0.3 is 14.0 Å². The zero-order valence-electron chi connectivity index (χ0n) is 12.1. The molecule has 0 spiro atoms. The van der Waals surface area contributed by atoms with Crippen molar-refractivity contribution in [3.8, 4) is 5.75 Å². The molecule has 2 heterocycles. The molecule has 3 rings (SSSR count). The van der Waals surface area contributed by atoms with Gasteiger partial charge in [0.15, 0.2) is 5.75 Å². The quantitative estimate of drug-likeness (QED) is 0.722. The predicted molar refractivity (Wildman–Crippen MR) is 80.0 cm³/mol. The van der Waals surface area contributed by atoms with Gasteiger partial charge in [0.1, 0.15) is 18.6 Å². The Morgan fingerprint density at radius 1 is 1.14 bits per heavy atom. The van der Waals surface area contributed by atoms with Crippen LogP contribution in [0.5, 0.6) is 5.75 Å². The van der Waals surface area contributed by atoms with Crippen LogP contribution in [0.15, 0.2) is 42.9 Å². The fourth-order valence-corrected chi connectivity index (χ4v) is 2.35. The molecule has 0 aliphatic carbocycles. The summed E-state index contributed by atoms with van der Waals surface area (Å²) in [7, 11) is 1.64. The minimum atomic E-state index is 0.433. The molecule has 0 saturated heterocycles. The van der Waals surface area contributed by atoms with Crippen LogP contribution in [0, 0.1) is 6.92 Å². The van der Waals surface area contributed by atoms with Crippen LogP contribution in [-0.2, 0) is 18.1 Å². The lowest BCUT2D eigenvalue weighted by molar-refractivity contribution is 0.0665. The van der Waals surface area contributed by atoms with Crippen molar-refractivity contribution in [1.29, 1.82) is 0 Å². The summed E-state index contributed by atoms with van der Waals surface area (Å²) in [5.74, 6) is 0.735. The Morgan fingerprint density at radius 2 is 1.95 bits per heavy atom. The molecule has 5 nitrogen and oxygen atoms in total. The second-order valence-corrected chi connectivity index (χ2v) is 4.79. The smallest absolute Gasteiger partial charge is 0.162 e. The molecule has 0 amide bonds. The first-order valence-electron chi connectivity index (χ1n) is 6.75. The van der Waals surface area contributed by atoms with Crippen LogP contribution in [0.2, 0.25) is 0 Å². The Labute approximate surface area is 123 Å². The van der Waals surface area contributed by atoms with Crippen LogP contribution in [-0.4, -0.2) is 21.6 Å². The van der Waals surface area contributed by atoms with Crippen LogP contribution >= 0.6 is 0 Å². The molecular weight excluding hydrogens is 266 g/mol. The van der Waals surface area contributed by atoms with Gasteiger partial charge >= 0.3 is 0 Å². The van der Waals surface area contributed by atoms with Crippen molar-refractivity contribution in [3.05, 3.63) is 54.1 Å². The highest BCUT2D eigenvalue weighted by Crippen LogP contribution is 2.27. The third-order valence-corrected chi connectivity index (χ3v) is 3.36. The predicted octanol–water partition coefficient (Wildman–Crippen LogP) is 2.92. The van der Waals surface area contributed by atoms with E-state index in [1.54, 1.807) is 13.4 Å². The fourth-order valence-electron chi connectivity index (χ4n) is 2.35. The molecule has 0 radical (unpaired) electrons. The SMILES string of the molecule is COc1cn(COCc2ccccc2)c2c(C)ncnc12. The zero-order chi connectivity index (χ0) is 14.7. The minimum absolute atomic E-state index is 0.433. The lowest BCUT2D eigenvalue weighted by Crippen LogP contribution is -2.03. The minimum Gasteiger partial charge on any atom is -0.493 e. The van der Waals surface area contributed by atoms with Crippen molar-refractivity contribution < 1.29 is 9.47 Å². The monoisotopic (exact) mass is 283 g/mol. The van der Waals surface area contributed by atoms with Crippen LogP contribution in [0.25, 0.3) is 11.0 Å². The lowest BCUT2D eigenvalue weighted by Gasteiger charge is -2.07. The van der Waals surface area contributed by atoms with E-state index in [1.165, 1.54) is 0 Å². The molecule has 0 unspecified atom stereocenters. The number of hydrogen-bond donors (Lipinski definition) is 0. The maximum absolute atomic E-state index is 5.78. The molecule has 5 heteroatoms. The molecule has 2 aromatic heterocycles. The number of ether oxygens (including phenoxy) is 2. The first-order valence-corrected chi connectivity index (χ1v) is 6.75. The summed E-state index contributed by atoms with van der Waals surface area (Å²) in [6.45, 7) is 2.95. The van der Waals surface area contributed by atoms with E-state index in [4.69, 9.17) is 9.47 Å². The van der Waals surface area contributed by atoms with Crippen molar-refractivity contribution in [1.82, 2.24) is 14.5 Å². The third-order valence-electron chi connectivity index (χ3n) is 3.36. The Kier molecular flexibility index (Phi) is 3.83. The summed E-state index contributed by atoms with van der Waals surface area (Å²) in [5.41, 5.74) is 3.82. The molecular formula is C16H17N3O2.